The third kappa shape index (κ3) is 21.8. The van der Waals surface area contributed by atoms with Gasteiger partial charge >= 0.3 is 0 Å². The zero-order valence-corrected chi connectivity index (χ0v) is 12.8. The van der Waals surface area contributed by atoms with Gasteiger partial charge in [0, 0.05) is 0 Å². The van der Waals surface area contributed by atoms with Gasteiger partial charge in [-0.25, -0.2) is 0 Å². The summed E-state index contributed by atoms with van der Waals surface area (Å²) >= 11 is 0. The SMILES string of the molecule is [CH2]C(CC)CCCC.[CH2]CCCCCCCC. The number of hydrogen-bond donors (Lipinski definition) is 0. The summed E-state index contributed by atoms with van der Waals surface area (Å²) in [6.07, 6.45) is 14.7. The van der Waals surface area contributed by atoms with E-state index in [0.29, 0.717) is 5.92 Å². The van der Waals surface area contributed by atoms with Crippen molar-refractivity contribution in [3.05, 3.63) is 13.8 Å². The van der Waals surface area contributed by atoms with Gasteiger partial charge in [0.2, 0.25) is 0 Å². The Morgan fingerprint density at radius 2 is 1.29 bits per heavy atom. The molecule has 0 N–H and O–H groups in total. The molecule has 2 radical (unpaired) electrons. The molecule has 0 heteroatoms. The molecule has 0 aromatic rings. The molecule has 1 atom stereocenters. The smallest absolute Gasteiger partial charge is 0.0417 e. The second kappa shape index (κ2) is 18.4. The Morgan fingerprint density at radius 3 is 1.76 bits per heavy atom. The zero-order valence-electron chi connectivity index (χ0n) is 12.8. The van der Waals surface area contributed by atoms with Gasteiger partial charge in [0.15, 0.2) is 0 Å². The lowest BCUT2D eigenvalue weighted by Gasteiger charge is -2.04. The molecule has 1 unspecified atom stereocenters. The normalized spacial score (nSPS) is 11.8. The van der Waals surface area contributed by atoms with Crippen molar-refractivity contribution in [2.75, 3.05) is 0 Å². The van der Waals surface area contributed by atoms with Crippen LogP contribution >= 0.6 is 0 Å². The van der Waals surface area contributed by atoms with E-state index in [1.165, 1.54) is 64.2 Å². The van der Waals surface area contributed by atoms with Crippen LogP contribution in [-0.2, 0) is 0 Å². The van der Waals surface area contributed by atoms with Crippen molar-refractivity contribution in [1.29, 1.82) is 0 Å². The molecule has 0 aliphatic heterocycles. The first-order valence-electron chi connectivity index (χ1n) is 7.85. The monoisotopic (exact) mass is 240 g/mol. The summed E-state index contributed by atoms with van der Waals surface area (Å²) in [6, 6.07) is 0. The highest BCUT2D eigenvalue weighted by molar-refractivity contribution is 4.57. The second-order valence-corrected chi connectivity index (χ2v) is 5.04. The van der Waals surface area contributed by atoms with E-state index >= 15 is 0 Å². The molecule has 0 saturated heterocycles. The standard InChI is InChI=1S/C9H19.C8H17/c1-3-5-7-9-8-6-4-2;1-4-6-7-8(3)5-2/h1,3-9H2,2H3;8H,3-7H2,1-2H3. The van der Waals surface area contributed by atoms with Gasteiger partial charge in [-0.15, -0.1) is 0 Å². The molecule has 0 aliphatic rings. The molecule has 104 valence electrons. The third-order valence-corrected chi connectivity index (χ3v) is 3.15. The number of hydrogen-bond acceptors (Lipinski definition) is 0. The van der Waals surface area contributed by atoms with E-state index in [1.807, 2.05) is 0 Å². The van der Waals surface area contributed by atoms with E-state index in [1.54, 1.807) is 0 Å². The predicted octanol–water partition coefficient (Wildman–Crippen LogP) is 6.61. The highest BCUT2D eigenvalue weighted by Gasteiger charge is 1.94. The zero-order chi connectivity index (χ0) is 13.4. The maximum Gasteiger partial charge on any atom is -0.0417 e. The molecule has 0 spiro atoms. The Bertz CT molecular complexity index is 101. The minimum absolute atomic E-state index is 0.704. The first-order chi connectivity index (χ1) is 8.22. The summed E-state index contributed by atoms with van der Waals surface area (Å²) < 4.78 is 0. The molecular formula is C17H36. The Labute approximate surface area is 112 Å². The topological polar surface area (TPSA) is 0 Å². The van der Waals surface area contributed by atoms with Gasteiger partial charge < -0.3 is 0 Å². The lowest BCUT2D eigenvalue weighted by atomic mass is 10.0. The second-order valence-electron chi connectivity index (χ2n) is 5.04. The van der Waals surface area contributed by atoms with Gasteiger partial charge in [-0.1, -0.05) is 105 Å². The maximum atomic E-state index is 3.99. The number of unbranched alkanes of at least 4 members (excludes halogenated alkanes) is 7. The van der Waals surface area contributed by atoms with Crippen molar-refractivity contribution >= 4 is 0 Å². The minimum Gasteiger partial charge on any atom is -0.0654 e. The Balaban J connectivity index is 0. The summed E-state index contributed by atoms with van der Waals surface area (Å²) in [5.74, 6) is 0.704. The fourth-order valence-electron chi connectivity index (χ4n) is 1.65. The fraction of sp³-hybridized carbons (Fsp3) is 0.882. The minimum atomic E-state index is 0.704. The van der Waals surface area contributed by atoms with Gasteiger partial charge in [-0.2, -0.15) is 0 Å². The van der Waals surface area contributed by atoms with Crippen molar-refractivity contribution < 1.29 is 0 Å². The van der Waals surface area contributed by atoms with E-state index in [9.17, 15) is 0 Å². The van der Waals surface area contributed by atoms with Crippen molar-refractivity contribution in [1.82, 2.24) is 0 Å². The average molecular weight is 240 g/mol. The molecule has 0 fully saturated rings. The van der Waals surface area contributed by atoms with E-state index in [2.05, 4.69) is 34.6 Å². The molecule has 17 heavy (non-hydrogen) atoms. The quantitative estimate of drug-likeness (QED) is 0.377. The first kappa shape index (κ1) is 19.3. The fourth-order valence-corrected chi connectivity index (χ4v) is 1.65. The third-order valence-electron chi connectivity index (χ3n) is 3.15. The maximum absolute atomic E-state index is 3.99. The summed E-state index contributed by atoms with van der Waals surface area (Å²) in [5, 5.41) is 0. The Morgan fingerprint density at radius 1 is 0.765 bits per heavy atom. The predicted molar refractivity (Wildman–Crippen MR) is 82.0 cm³/mol. The van der Waals surface area contributed by atoms with Crippen LogP contribution in [0.2, 0.25) is 0 Å². The molecule has 0 rings (SSSR count). The van der Waals surface area contributed by atoms with Crippen LogP contribution < -0.4 is 0 Å². The largest absolute Gasteiger partial charge is 0.0654 e. The van der Waals surface area contributed by atoms with Crippen LogP contribution in [0.1, 0.15) is 91.4 Å². The lowest BCUT2D eigenvalue weighted by molar-refractivity contribution is 0.537. The number of rotatable bonds is 10. The van der Waals surface area contributed by atoms with Crippen LogP contribution in [-0.4, -0.2) is 0 Å². The first-order valence-corrected chi connectivity index (χ1v) is 7.85. The van der Waals surface area contributed by atoms with Gasteiger partial charge in [0.05, 0.1) is 0 Å². The van der Waals surface area contributed by atoms with Crippen molar-refractivity contribution in [3.63, 3.8) is 0 Å². The van der Waals surface area contributed by atoms with Crippen LogP contribution in [0.25, 0.3) is 0 Å². The van der Waals surface area contributed by atoms with Crippen LogP contribution in [0.4, 0.5) is 0 Å². The molecule has 0 amide bonds. The van der Waals surface area contributed by atoms with Crippen LogP contribution in [0.15, 0.2) is 0 Å². The molecular weight excluding hydrogens is 204 g/mol. The van der Waals surface area contributed by atoms with E-state index in [4.69, 9.17) is 0 Å². The average Bonchev–Trinajstić information content (AvgIpc) is 2.36. The van der Waals surface area contributed by atoms with Gasteiger partial charge in [0.25, 0.3) is 0 Å². The molecule has 0 saturated carbocycles. The highest BCUT2D eigenvalue weighted by atomic mass is 14.0. The van der Waals surface area contributed by atoms with Crippen molar-refractivity contribution in [3.8, 4) is 0 Å². The molecule has 0 aliphatic carbocycles. The molecule has 0 aromatic carbocycles. The van der Waals surface area contributed by atoms with E-state index in [-0.39, 0.29) is 0 Å². The molecule has 0 heterocycles. The lowest BCUT2D eigenvalue weighted by Crippen LogP contribution is -1.90. The van der Waals surface area contributed by atoms with Crippen molar-refractivity contribution in [2.45, 2.75) is 91.4 Å². The van der Waals surface area contributed by atoms with Gasteiger partial charge in [-0.05, 0) is 5.92 Å². The highest BCUT2D eigenvalue weighted by Crippen LogP contribution is 2.09. The van der Waals surface area contributed by atoms with Gasteiger partial charge in [0.1, 0.15) is 0 Å². The Hall–Kier alpha value is 0. The molecule has 0 aromatic heterocycles. The summed E-state index contributed by atoms with van der Waals surface area (Å²) in [5.41, 5.74) is 0. The summed E-state index contributed by atoms with van der Waals surface area (Å²) in [7, 11) is 0. The van der Waals surface area contributed by atoms with E-state index in [0.717, 1.165) is 6.42 Å². The van der Waals surface area contributed by atoms with Gasteiger partial charge in [-0.3, -0.25) is 0 Å². The van der Waals surface area contributed by atoms with Crippen LogP contribution in [0.3, 0.4) is 0 Å². The summed E-state index contributed by atoms with van der Waals surface area (Å²) in [6.45, 7) is 14.5. The molecule has 0 bridgehead atoms. The Kier molecular flexibility index (Phi) is 20.9. The van der Waals surface area contributed by atoms with Crippen LogP contribution in [0, 0.1) is 19.8 Å². The van der Waals surface area contributed by atoms with Crippen molar-refractivity contribution in [2.24, 2.45) is 5.92 Å². The summed E-state index contributed by atoms with van der Waals surface area (Å²) in [4.78, 5) is 0. The van der Waals surface area contributed by atoms with E-state index < -0.39 is 0 Å². The van der Waals surface area contributed by atoms with Crippen LogP contribution in [0.5, 0.6) is 0 Å². The molecule has 0 nitrogen and oxygen atoms in total.